The average molecular weight is 527 g/mol. The van der Waals surface area contributed by atoms with Crippen LogP contribution in [0.2, 0.25) is 0 Å². The molecule has 0 radical (unpaired) electrons. The molecular formula is C30H30N4OS2. The van der Waals surface area contributed by atoms with Crippen molar-refractivity contribution in [2.45, 2.75) is 36.5 Å². The van der Waals surface area contributed by atoms with Crippen molar-refractivity contribution in [3.8, 4) is 0 Å². The van der Waals surface area contributed by atoms with Crippen molar-refractivity contribution < 1.29 is 4.79 Å². The summed E-state index contributed by atoms with van der Waals surface area (Å²) in [6.07, 6.45) is 6.37. The Labute approximate surface area is 228 Å². The summed E-state index contributed by atoms with van der Waals surface area (Å²) in [5.41, 5.74) is 6.63. The van der Waals surface area contributed by atoms with Gasteiger partial charge in [0.25, 0.3) is 0 Å². The Hall–Kier alpha value is -3.55. The first-order valence-electron chi connectivity index (χ1n) is 12.3. The number of pyridine rings is 1. The number of aryl methyl sites for hydroxylation is 1. The third-order valence-corrected chi connectivity index (χ3v) is 7.05. The molecule has 1 aliphatic rings. The normalized spacial score (nSPS) is 12.6. The number of hydrogen-bond acceptors (Lipinski definition) is 7. The fourth-order valence-corrected chi connectivity index (χ4v) is 4.85. The van der Waals surface area contributed by atoms with Crippen LogP contribution in [0.4, 0.5) is 11.4 Å². The first-order chi connectivity index (χ1) is 18.1. The molecule has 0 fully saturated rings. The van der Waals surface area contributed by atoms with Gasteiger partial charge in [-0.25, -0.2) is 0 Å². The van der Waals surface area contributed by atoms with Gasteiger partial charge in [0.1, 0.15) is 5.71 Å². The maximum absolute atomic E-state index is 11.9. The first-order valence-corrected chi connectivity index (χ1v) is 13.5. The van der Waals surface area contributed by atoms with E-state index < -0.39 is 0 Å². The number of carbonyl (C=O) groups excluding carboxylic acids is 1. The summed E-state index contributed by atoms with van der Waals surface area (Å²) in [6, 6.07) is 24.3. The number of nitrogens with one attached hydrogen (secondary N) is 1. The van der Waals surface area contributed by atoms with E-state index in [1.807, 2.05) is 57.4 Å². The maximum atomic E-state index is 11.9. The summed E-state index contributed by atoms with van der Waals surface area (Å²) in [5.74, 6) is 0. The Morgan fingerprint density at radius 2 is 1.86 bits per heavy atom. The SMILES string of the molecule is CC.CN(/N=C(/C=O)C1=Cc2cc(NSc3ccc4cccnc4c3)ccc2CC1)c1ccc(S)cc1. The number of hydrazone groups is 1. The van der Waals surface area contributed by atoms with E-state index in [1.54, 1.807) is 17.0 Å². The van der Waals surface area contributed by atoms with E-state index in [9.17, 15) is 4.79 Å². The molecule has 1 N–H and O–H groups in total. The fraction of sp³-hybridized carbons (Fsp3) is 0.167. The van der Waals surface area contributed by atoms with E-state index >= 15 is 0 Å². The van der Waals surface area contributed by atoms with E-state index in [2.05, 4.69) is 76.0 Å². The predicted molar refractivity (Wildman–Crippen MR) is 161 cm³/mol. The van der Waals surface area contributed by atoms with Crippen LogP contribution in [0.15, 0.2) is 99.5 Å². The van der Waals surface area contributed by atoms with Crippen LogP contribution in [-0.4, -0.2) is 24.0 Å². The van der Waals surface area contributed by atoms with Crippen LogP contribution in [0.5, 0.6) is 0 Å². The van der Waals surface area contributed by atoms with E-state index in [4.69, 9.17) is 0 Å². The Morgan fingerprint density at radius 1 is 1.05 bits per heavy atom. The van der Waals surface area contributed by atoms with Gasteiger partial charge in [-0.05, 0) is 102 Å². The van der Waals surface area contributed by atoms with Gasteiger partial charge in [-0.1, -0.05) is 32.0 Å². The van der Waals surface area contributed by atoms with Crippen LogP contribution in [0.3, 0.4) is 0 Å². The summed E-state index contributed by atoms with van der Waals surface area (Å²) >= 11 is 5.88. The standard InChI is InChI=1S/C28H24N4OS2.C2H6/c1-32(24-9-11-25(34)12-10-24)30-28(18-33)21-5-4-19-6-8-23(16-22(19)15-21)31-35-26-13-7-20-3-2-14-29-27(20)17-26;1-2/h2-3,6-18,31,34H,4-5H2,1H3;1-2H3/b30-28-;. The van der Waals surface area contributed by atoms with Gasteiger partial charge in [0.2, 0.25) is 0 Å². The Morgan fingerprint density at radius 3 is 2.65 bits per heavy atom. The Balaban J connectivity index is 0.00000156. The Kier molecular flexibility index (Phi) is 9.04. The lowest BCUT2D eigenvalue weighted by atomic mass is 9.90. The molecule has 3 aromatic carbocycles. The lowest BCUT2D eigenvalue weighted by Gasteiger charge is -2.19. The van der Waals surface area contributed by atoms with Gasteiger partial charge in [-0.3, -0.25) is 14.8 Å². The maximum Gasteiger partial charge on any atom is 0.170 e. The van der Waals surface area contributed by atoms with Crippen LogP contribution < -0.4 is 9.73 Å². The second-order valence-electron chi connectivity index (χ2n) is 8.29. The van der Waals surface area contributed by atoms with Crippen molar-refractivity contribution in [2.24, 2.45) is 5.10 Å². The molecule has 0 aliphatic heterocycles. The van der Waals surface area contributed by atoms with Crippen molar-refractivity contribution in [1.82, 2.24) is 4.98 Å². The van der Waals surface area contributed by atoms with Crippen molar-refractivity contribution in [3.63, 3.8) is 0 Å². The molecular weight excluding hydrogens is 496 g/mol. The number of aldehydes is 1. The van der Waals surface area contributed by atoms with Gasteiger partial charge >= 0.3 is 0 Å². The quantitative estimate of drug-likeness (QED) is 0.0850. The molecule has 4 aromatic rings. The molecule has 1 aliphatic carbocycles. The molecule has 0 bridgehead atoms. The number of anilines is 2. The zero-order valence-electron chi connectivity index (χ0n) is 21.2. The molecule has 0 atom stereocenters. The monoisotopic (exact) mass is 526 g/mol. The molecule has 0 saturated heterocycles. The molecule has 7 heteroatoms. The number of thiol groups is 1. The van der Waals surface area contributed by atoms with Crippen LogP contribution >= 0.6 is 24.6 Å². The second-order valence-corrected chi connectivity index (χ2v) is 9.68. The summed E-state index contributed by atoms with van der Waals surface area (Å²) < 4.78 is 3.44. The highest BCUT2D eigenvalue weighted by molar-refractivity contribution is 8.00. The van der Waals surface area contributed by atoms with E-state index in [0.717, 1.165) is 62.3 Å². The zero-order chi connectivity index (χ0) is 26.2. The number of hydrogen-bond donors (Lipinski definition) is 2. The van der Waals surface area contributed by atoms with Gasteiger partial charge in [0.05, 0.1) is 11.2 Å². The molecule has 5 nitrogen and oxygen atoms in total. The first kappa shape index (κ1) is 26.5. The Bertz CT molecular complexity index is 1450. The minimum Gasteiger partial charge on any atom is -0.326 e. The van der Waals surface area contributed by atoms with Gasteiger partial charge in [0.15, 0.2) is 6.29 Å². The molecule has 0 amide bonds. The summed E-state index contributed by atoms with van der Waals surface area (Å²) in [5, 5.41) is 7.43. The molecule has 1 heterocycles. The van der Waals surface area contributed by atoms with Crippen molar-refractivity contribution in [2.75, 3.05) is 16.8 Å². The molecule has 1 aromatic heterocycles. The molecule has 5 rings (SSSR count). The zero-order valence-corrected chi connectivity index (χ0v) is 22.9. The highest BCUT2D eigenvalue weighted by atomic mass is 32.2. The predicted octanol–water partition coefficient (Wildman–Crippen LogP) is 7.69. The number of allylic oxidation sites excluding steroid dienone is 1. The second kappa shape index (κ2) is 12.6. The third-order valence-electron chi connectivity index (χ3n) is 5.93. The molecule has 0 spiro atoms. The van der Waals surface area contributed by atoms with Gasteiger partial charge < -0.3 is 4.72 Å². The number of aromatic nitrogens is 1. The van der Waals surface area contributed by atoms with Crippen LogP contribution in [0.1, 0.15) is 31.4 Å². The minimum absolute atomic E-state index is 0.449. The molecule has 188 valence electrons. The van der Waals surface area contributed by atoms with Crippen LogP contribution in [-0.2, 0) is 11.2 Å². The lowest BCUT2D eigenvalue weighted by Crippen LogP contribution is -2.17. The number of carbonyl (C=O) groups is 1. The lowest BCUT2D eigenvalue weighted by molar-refractivity contribution is -0.102. The average Bonchev–Trinajstić information content (AvgIpc) is 2.95. The largest absolute Gasteiger partial charge is 0.326 e. The third kappa shape index (κ3) is 6.61. The number of nitrogens with zero attached hydrogens (tertiary/aromatic N) is 3. The van der Waals surface area contributed by atoms with Gasteiger partial charge in [0, 0.05) is 34.1 Å². The highest BCUT2D eigenvalue weighted by Crippen LogP contribution is 2.30. The minimum atomic E-state index is 0.449. The number of rotatable bonds is 7. The summed E-state index contributed by atoms with van der Waals surface area (Å²) in [4.78, 5) is 18.3. The number of benzene rings is 3. The number of fused-ring (bicyclic) bond motifs is 2. The van der Waals surface area contributed by atoms with Gasteiger partial charge in [-0.15, -0.1) is 12.6 Å². The van der Waals surface area contributed by atoms with E-state index in [1.165, 1.54) is 5.56 Å². The van der Waals surface area contributed by atoms with Crippen molar-refractivity contribution in [1.29, 1.82) is 0 Å². The summed E-state index contributed by atoms with van der Waals surface area (Å²) in [7, 11) is 1.84. The highest BCUT2D eigenvalue weighted by Gasteiger charge is 2.16. The van der Waals surface area contributed by atoms with E-state index in [-0.39, 0.29) is 0 Å². The van der Waals surface area contributed by atoms with E-state index in [0.29, 0.717) is 5.71 Å². The molecule has 37 heavy (non-hydrogen) atoms. The topological polar surface area (TPSA) is 57.6 Å². The van der Waals surface area contributed by atoms with Gasteiger partial charge in [-0.2, -0.15) is 5.10 Å². The van der Waals surface area contributed by atoms with Crippen LogP contribution in [0, 0.1) is 0 Å². The summed E-state index contributed by atoms with van der Waals surface area (Å²) in [6.45, 7) is 4.00. The molecule has 0 unspecified atom stereocenters. The fourth-order valence-electron chi connectivity index (χ4n) is 4.03. The molecule has 0 saturated carbocycles. The smallest absolute Gasteiger partial charge is 0.170 e. The van der Waals surface area contributed by atoms with Crippen molar-refractivity contribution >= 4 is 64.9 Å². The van der Waals surface area contributed by atoms with Crippen molar-refractivity contribution in [3.05, 3.63) is 95.7 Å². The van der Waals surface area contributed by atoms with Crippen LogP contribution in [0.25, 0.3) is 17.0 Å².